The lowest BCUT2D eigenvalue weighted by atomic mass is 10.1. The van der Waals surface area contributed by atoms with Crippen LogP contribution in [0.4, 0.5) is 0 Å². The van der Waals surface area contributed by atoms with Crippen LogP contribution in [0.15, 0.2) is 0 Å². The molecular weight excluding hydrogens is 322 g/mol. The predicted molar refractivity (Wildman–Crippen MR) is 94.8 cm³/mol. The Labute approximate surface area is 145 Å². The standard InChI is InChI=1S/C18H23N3O2S/c1-9-14-11(3)19-16(12-6-7-12)21-18(14)24-15(9)17(22)20-10(2)13-5-4-8-23-13/h10,12-13H,4-8H2,1-3H3,(H,20,22). The van der Waals surface area contributed by atoms with Crippen molar-refractivity contribution in [2.45, 2.75) is 64.5 Å². The fraction of sp³-hybridized carbons (Fsp3) is 0.611. The van der Waals surface area contributed by atoms with Gasteiger partial charge >= 0.3 is 0 Å². The van der Waals surface area contributed by atoms with Crippen molar-refractivity contribution in [2.24, 2.45) is 0 Å². The molecule has 3 heterocycles. The Balaban J connectivity index is 1.62. The number of hydrogen-bond acceptors (Lipinski definition) is 5. The molecule has 1 aliphatic carbocycles. The molecule has 5 nitrogen and oxygen atoms in total. The third-order valence-corrected chi connectivity index (χ3v) is 6.20. The van der Waals surface area contributed by atoms with Gasteiger partial charge in [-0.25, -0.2) is 9.97 Å². The van der Waals surface area contributed by atoms with Gasteiger partial charge < -0.3 is 10.1 Å². The second-order valence-electron chi connectivity index (χ2n) is 6.99. The molecule has 1 saturated carbocycles. The Morgan fingerprint density at radius 1 is 1.29 bits per heavy atom. The molecule has 0 spiro atoms. The summed E-state index contributed by atoms with van der Waals surface area (Å²) in [6.45, 7) is 6.84. The summed E-state index contributed by atoms with van der Waals surface area (Å²) in [5.41, 5.74) is 1.98. The van der Waals surface area contributed by atoms with Crippen molar-refractivity contribution in [1.82, 2.24) is 15.3 Å². The lowest BCUT2D eigenvalue weighted by Crippen LogP contribution is -2.40. The summed E-state index contributed by atoms with van der Waals surface area (Å²) < 4.78 is 5.68. The molecule has 128 valence electrons. The number of carbonyl (C=O) groups excluding carboxylic acids is 1. The Bertz CT molecular complexity index is 791. The summed E-state index contributed by atoms with van der Waals surface area (Å²) in [6.07, 6.45) is 4.59. The van der Waals surface area contributed by atoms with Gasteiger partial charge in [0.05, 0.1) is 22.7 Å². The summed E-state index contributed by atoms with van der Waals surface area (Å²) in [6, 6.07) is 0.0267. The molecule has 2 unspecified atom stereocenters. The first kappa shape index (κ1) is 16.0. The Hall–Kier alpha value is -1.53. The zero-order valence-electron chi connectivity index (χ0n) is 14.4. The van der Waals surface area contributed by atoms with Crippen LogP contribution in [0.25, 0.3) is 10.2 Å². The molecule has 1 N–H and O–H groups in total. The maximum Gasteiger partial charge on any atom is 0.262 e. The topological polar surface area (TPSA) is 64.1 Å². The first-order valence-corrected chi connectivity index (χ1v) is 9.56. The van der Waals surface area contributed by atoms with Gasteiger partial charge in [0.1, 0.15) is 10.7 Å². The van der Waals surface area contributed by atoms with Crippen LogP contribution < -0.4 is 5.32 Å². The number of aromatic nitrogens is 2. The average Bonchev–Trinajstić information content (AvgIpc) is 3.13. The number of hydrogen-bond donors (Lipinski definition) is 1. The minimum Gasteiger partial charge on any atom is -0.376 e. The maximum atomic E-state index is 12.7. The lowest BCUT2D eigenvalue weighted by Gasteiger charge is -2.19. The lowest BCUT2D eigenvalue weighted by molar-refractivity contribution is 0.0714. The van der Waals surface area contributed by atoms with Gasteiger partial charge in [0, 0.05) is 17.9 Å². The van der Waals surface area contributed by atoms with E-state index in [2.05, 4.69) is 10.3 Å². The molecule has 24 heavy (non-hydrogen) atoms. The van der Waals surface area contributed by atoms with Crippen LogP contribution in [-0.2, 0) is 4.74 Å². The zero-order chi connectivity index (χ0) is 16.8. The van der Waals surface area contributed by atoms with Gasteiger partial charge in [-0.3, -0.25) is 4.79 Å². The highest BCUT2D eigenvalue weighted by Crippen LogP contribution is 2.40. The number of nitrogens with zero attached hydrogens (tertiary/aromatic N) is 2. The second kappa shape index (κ2) is 6.08. The van der Waals surface area contributed by atoms with Gasteiger partial charge in [0.15, 0.2) is 0 Å². The van der Waals surface area contributed by atoms with Crippen LogP contribution in [0.2, 0.25) is 0 Å². The third kappa shape index (κ3) is 2.82. The van der Waals surface area contributed by atoms with Crippen molar-refractivity contribution in [1.29, 1.82) is 0 Å². The number of nitrogens with one attached hydrogen (secondary N) is 1. The molecule has 1 aliphatic heterocycles. The number of amides is 1. The second-order valence-corrected chi connectivity index (χ2v) is 7.99. The first-order valence-electron chi connectivity index (χ1n) is 8.74. The molecule has 1 amide bonds. The minimum atomic E-state index is -0.0223. The molecule has 2 aromatic rings. The predicted octanol–water partition coefficient (Wildman–Crippen LogP) is 3.48. The smallest absolute Gasteiger partial charge is 0.262 e. The van der Waals surface area contributed by atoms with Gasteiger partial charge in [-0.05, 0) is 52.0 Å². The molecule has 1 saturated heterocycles. The number of ether oxygens (including phenoxy) is 1. The maximum absolute atomic E-state index is 12.7. The van der Waals surface area contributed by atoms with E-state index < -0.39 is 0 Å². The number of thiophene rings is 1. The van der Waals surface area contributed by atoms with E-state index in [9.17, 15) is 4.79 Å². The molecule has 2 fully saturated rings. The highest BCUT2D eigenvalue weighted by atomic mass is 32.1. The quantitative estimate of drug-likeness (QED) is 0.921. The van der Waals surface area contributed by atoms with E-state index in [0.717, 1.165) is 51.6 Å². The summed E-state index contributed by atoms with van der Waals surface area (Å²) in [4.78, 5) is 23.8. The van der Waals surface area contributed by atoms with E-state index in [1.54, 1.807) is 0 Å². The minimum absolute atomic E-state index is 0.0223. The number of rotatable bonds is 4. The number of aryl methyl sites for hydroxylation is 2. The molecule has 2 atom stereocenters. The zero-order valence-corrected chi connectivity index (χ0v) is 15.2. The van der Waals surface area contributed by atoms with Crippen LogP contribution in [-0.4, -0.2) is 34.6 Å². The van der Waals surface area contributed by atoms with E-state index >= 15 is 0 Å². The number of carbonyl (C=O) groups is 1. The van der Waals surface area contributed by atoms with E-state index in [1.807, 2.05) is 20.8 Å². The van der Waals surface area contributed by atoms with Crippen LogP contribution in [0, 0.1) is 13.8 Å². The Morgan fingerprint density at radius 3 is 2.75 bits per heavy atom. The van der Waals surface area contributed by atoms with Crippen molar-refractivity contribution in [3.8, 4) is 0 Å². The Kier molecular flexibility index (Phi) is 4.04. The molecule has 0 aromatic carbocycles. The van der Waals surface area contributed by atoms with Crippen molar-refractivity contribution in [3.05, 3.63) is 22.0 Å². The summed E-state index contributed by atoms with van der Waals surface area (Å²) in [5, 5.41) is 4.15. The molecule has 2 aliphatic rings. The SMILES string of the molecule is Cc1nc(C2CC2)nc2sc(C(=O)NC(C)C3CCCO3)c(C)c12. The fourth-order valence-electron chi connectivity index (χ4n) is 3.46. The summed E-state index contributed by atoms with van der Waals surface area (Å²) >= 11 is 1.49. The number of fused-ring (bicyclic) bond motifs is 1. The highest BCUT2D eigenvalue weighted by molar-refractivity contribution is 7.20. The van der Waals surface area contributed by atoms with Crippen LogP contribution in [0.3, 0.4) is 0 Å². The molecule has 4 rings (SSSR count). The van der Waals surface area contributed by atoms with Gasteiger partial charge in [0.25, 0.3) is 5.91 Å². The van der Waals surface area contributed by atoms with Crippen molar-refractivity contribution >= 4 is 27.5 Å². The van der Waals surface area contributed by atoms with Gasteiger partial charge in [-0.2, -0.15) is 0 Å². The molecule has 6 heteroatoms. The van der Waals surface area contributed by atoms with Crippen LogP contribution in [0.5, 0.6) is 0 Å². The van der Waals surface area contributed by atoms with Gasteiger partial charge in [-0.15, -0.1) is 11.3 Å². The van der Waals surface area contributed by atoms with E-state index in [4.69, 9.17) is 9.72 Å². The van der Waals surface area contributed by atoms with Crippen molar-refractivity contribution in [2.75, 3.05) is 6.61 Å². The van der Waals surface area contributed by atoms with Crippen LogP contribution >= 0.6 is 11.3 Å². The van der Waals surface area contributed by atoms with E-state index in [-0.39, 0.29) is 18.1 Å². The highest BCUT2D eigenvalue weighted by Gasteiger charge is 2.29. The molecule has 0 radical (unpaired) electrons. The Morgan fingerprint density at radius 2 is 2.08 bits per heavy atom. The van der Waals surface area contributed by atoms with E-state index in [0.29, 0.717) is 5.92 Å². The molecule has 2 aromatic heterocycles. The van der Waals surface area contributed by atoms with Gasteiger partial charge in [0.2, 0.25) is 0 Å². The average molecular weight is 345 g/mol. The first-order chi connectivity index (χ1) is 11.5. The molecular formula is C18H23N3O2S. The largest absolute Gasteiger partial charge is 0.376 e. The monoisotopic (exact) mass is 345 g/mol. The summed E-state index contributed by atoms with van der Waals surface area (Å²) in [7, 11) is 0. The van der Waals surface area contributed by atoms with Crippen LogP contribution in [0.1, 0.15) is 65.3 Å². The molecule has 0 bridgehead atoms. The normalized spacial score (nSPS) is 22.0. The van der Waals surface area contributed by atoms with Gasteiger partial charge in [-0.1, -0.05) is 0 Å². The fourth-order valence-corrected chi connectivity index (χ4v) is 4.60. The summed E-state index contributed by atoms with van der Waals surface area (Å²) in [5.74, 6) is 1.44. The van der Waals surface area contributed by atoms with Crippen molar-refractivity contribution < 1.29 is 9.53 Å². The van der Waals surface area contributed by atoms with E-state index in [1.165, 1.54) is 24.2 Å². The third-order valence-electron chi connectivity index (χ3n) is 5.02. The van der Waals surface area contributed by atoms with Crippen molar-refractivity contribution in [3.63, 3.8) is 0 Å².